The van der Waals surface area contributed by atoms with E-state index in [2.05, 4.69) is 44.1 Å². The first-order valence-electron chi connectivity index (χ1n) is 9.45. The number of hydrogen-bond acceptors (Lipinski definition) is 4. The average Bonchev–Trinajstić information content (AvgIpc) is 3.03. The zero-order chi connectivity index (χ0) is 20.4. The van der Waals surface area contributed by atoms with Crippen LogP contribution in [-0.2, 0) is 22.9 Å². The van der Waals surface area contributed by atoms with E-state index in [1.807, 2.05) is 24.2 Å². The summed E-state index contributed by atoms with van der Waals surface area (Å²) < 4.78 is 25.8. The maximum atomic E-state index is 12.2. The highest BCUT2D eigenvalue weighted by molar-refractivity contribution is 14.0. The molecule has 1 saturated heterocycles. The SMILES string of the molecule is CN=C(NCc1cccc(Cn2ccnc2C)c1)N1CCS(=O)(=O)C(C)(C)C1.I. The van der Waals surface area contributed by atoms with Crippen LogP contribution in [0.2, 0.25) is 0 Å². The summed E-state index contributed by atoms with van der Waals surface area (Å²) in [4.78, 5) is 10.7. The molecule has 1 aromatic carbocycles. The number of aryl methyl sites for hydroxylation is 1. The Kier molecular flexibility index (Phi) is 7.72. The minimum Gasteiger partial charge on any atom is -0.352 e. The molecule has 2 heterocycles. The van der Waals surface area contributed by atoms with Crippen LogP contribution in [0.3, 0.4) is 0 Å². The highest BCUT2D eigenvalue weighted by Crippen LogP contribution is 2.23. The maximum absolute atomic E-state index is 12.2. The second-order valence-electron chi connectivity index (χ2n) is 7.82. The Labute approximate surface area is 190 Å². The Hall–Kier alpha value is -1.62. The van der Waals surface area contributed by atoms with Gasteiger partial charge in [0.15, 0.2) is 15.8 Å². The molecule has 0 amide bonds. The van der Waals surface area contributed by atoms with Crippen molar-refractivity contribution in [3.63, 3.8) is 0 Å². The number of aliphatic imine (C=N–C) groups is 1. The van der Waals surface area contributed by atoms with Crippen molar-refractivity contribution in [1.82, 2.24) is 19.8 Å². The van der Waals surface area contributed by atoms with Crippen LogP contribution >= 0.6 is 24.0 Å². The van der Waals surface area contributed by atoms with Gasteiger partial charge in [-0.3, -0.25) is 4.99 Å². The summed E-state index contributed by atoms with van der Waals surface area (Å²) in [7, 11) is -1.34. The molecule has 1 aromatic heterocycles. The second kappa shape index (κ2) is 9.46. The second-order valence-corrected chi connectivity index (χ2v) is 10.6. The molecule has 9 heteroatoms. The Bertz CT molecular complexity index is 969. The van der Waals surface area contributed by atoms with Crippen molar-refractivity contribution >= 4 is 39.8 Å². The minimum atomic E-state index is -3.07. The predicted octanol–water partition coefficient (Wildman–Crippen LogP) is 2.44. The quantitative estimate of drug-likeness (QED) is 0.373. The van der Waals surface area contributed by atoms with Crippen molar-refractivity contribution in [2.24, 2.45) is 4.99 Å². The van der Waals surface area contributed by atoms with Gasteiger partial charge in [0.05, 0.1) is 10.5 Å². The third-order valence-electron chi connectivity index (χ3n) is 5.27. The molecule has 1 aliphatic heterocycles. The van der Waals surface area contributed by atoms with Gasteiger partial charge in [0.1, 0.15) is 5.82 Å². The number of aromatic nitrogens is 2. The van der Waals surface area contributed by atoms with Crippen LogP contribution in [-0.4, -0.2) is 59.5 Å². The predicted molar refractivity (Wildman–Crippen MR) is 128 cm³/mol. The summed E-state index contributed by atoms with van der Waals surface area (Å²) in [6.07, 6.45) is 3.79. The van der Waals surface area contributed by atoms with Gasteiger partial charge in [0.2, 0.25) is 0 Å². The molecule has 0 saturated carbocycles. The summed E-state index contributed by atoms with van der Waals surface area (Å²) in [5.41, 5.74) is 2.36. The number of rotatable bonds is 4. The molecule has 2 aromatic rings. The molecule has 0 spiro atoms. The topological polar surface area (TPSA) is 79.6 Å². The van der Waals surface area contributed by atoms with Gasteiger partial charge in [0, 0.05) is 45.6 Å². The van der Waals surface area contributed by atoms with Crippen LogP contribution in [0, 0.1) is 6.92 Å². The summed E-state index contributed by atoms with van der Waals surface area (Å²) in [6.45, 7) is 7.88. The molecule has 0 aliphatic carbocycles. The molecule has 160 valence electrons. The Morgan fingerprint density at radius 2 is 2.03 bits per heavy atom. The average molecular weight is 531 g/mol. The number of sulfone groups is 1. The summed E-state index contributed by atoms with van der Waals surface area (Å²) in [6, 6.07) is 8.41. The molecular formula is C20H30IN5O2S. The Morgan fingerprint density at radius 3 is 2.66 bits per heavy atom. The normalized spacial score (nSPS) is 18.2. The molecule has 0 radical (unpaired) electrons. The fourth-order valence-electron chi connectivity index (χ4n) is 3.44. The van der Waals surface area contributed by atoms with Crippen molar-refractivity contribution < 1.29 is 8.42 Å². The van der Waals surface area contributed by atoms with Crippen molar-refractivity contribution in [3.8, 4) is 0 Å². The van der Waals surface area contributed by atoms with E-state index in [0.717, 1.165) is 23.9 Å². The molecule has 0 bridgehead atoms. The molecule has 7 nitrogen and oxygen atoms in total. The smallest absolute Gasteiger partial charge is 0.193 e. The molecule has 0 atom stereocenters. The van der Waals surface area contributed by atoms with Gasteiger partial charge >= 0.3 is 0 Å². The zero-order valence-electron chi connectivity index (χ0n) is 17.4. The third-order valence-corrected chi connectivity index (χ3v) is 7.81. The third kappa shape index (κ3) is 5.50. The van der Waals surface area contributed by atoms with Crippen molar-refractivity contribution in [3.05, 3.63) is 53.6 Å². The zero-order valence-corrected chi connectivity index (χ0v) is 20.6. The van der Waals surface area contributed by atoms with Gasteiger partial charge in [0.25, 0.3) is 0 Å². The number of halogens is 1. The van der Waals surface area contributed by atoms with Crippen LogP contribution < -0.4 is 5.32 Å². The number of guanidine groups is 1. The number of hydrogen-bond donors (Lipinski definition) is 1. The van der Waals surface area contributed by atoms with Gasteiger partial charge in [-0.15, -0.1) is 24.0 Å². The summed E-state index contributed by atoms with van der Waals surface area (Å²) >= 11 is 0. The van der Waals surface area contributed by atoms with Gasteiger partial charge in [-0.05, 0) is 31.9 Å². The molecule has 29 heavy (non-hydrogen) atoms. The van der Waals surface area contributed by atoms with Crippen LogP contribution in [0.15, 0.2) is 41.7 Å². The molecule has 1 fully saturated rings. The minimum absolute atomic E-state index is 0. The van der Waals surface area contributed by atoms with E-state index in [1.54, 1.807) is 20.9 Å². The van der Waals surface area contributed by atoms with Gasteiger partial charge < -0.3 is 14.8 Å². The lowest BCUT2D eigenvalue weighted by Gasteiger charge is -2.39. The first-order valence-corrected chi connectivity index (χ1v) is 11.1. The summed E-state index contributed by atoms with van der Waals surface area (Å²) in [5.74, 6) is 1.88. The van der Waals surface area contributed by atoms with E-state index in [0.29, 0.717) is 19.6 Å². The molecule has 1 N–H and O–H groups in total. The van der Waals surface area contributed by atoms with Crippen molar-refractivity contribution in [2.75, 3.05) is 25.9 Å². The van der Waals surface area contributed by atoms with Gasteiger partial charge in [-0.2, -0.15) is 0 Å². The van der Waals surface area contributed by atoms with E-state index >= 15 is 0 Å². The van der Waals surface area contributed by atoms with E-state index in [-0.39, 0.29) is 29.7 Å². The highest BCUT2D eigenvalue weighted by atomic mass is 127. The van der Waals surface area contributed by atoms with Crippen LogP contribution in [0.25, 0.3) is 0 Å². The standard InChI is InChI=1S/C20H29N5O2S.HI/c1-16-22-8-9-24(16)14-18-7-5-6-17(12-18)13-23-19(21-4)25-10-11-28(26,27)20(2,3)15-25;/h5-9,12H,10-11,13-15H2,1-4H3,(H,21,23);1H. The molecule has 1 aliphatic rings. The lowest BCUT2D eigenvalue weighted by Crippen LogP contribution is -2.57. The molecule has 0 unspecified atom stereocenters. The van der Waals surface area contributed by atoms with Crippen molar-refractivity contribution in [2.45, 2.75) is 38.6 Å². The summed E-state index contributed by atoms with van der Waals surface area (Å²) in [5, 5.41) is 3.38. The van der Waals surface area contributed by atoms with E-state index in [1.165, 1.54) is 5.56 Å². The first-order chi connectivity index (χ1) is 13.2. The Balaban J connectivity index is 0.00000300. The van der Waals surface area contributed by atoms with Crippen LogP contribution in [0.1, 0.15) is 30.8 Å². The van der Waals surface area contributed by atoms with Gasteiger partial charge in [-0.25, -0.2) is 13.4 Å². The Morgan fingerprint density at radius 1 is 1.31 bits per heavy atom. The monoisotopic (exact) mass is 531 g/mol. The largest absolute Gasteiger partial charge is 0.352 e. The lowest BCUT2D eigenvalue weighted by molar-refractivity contribution is 0.353. The molecular weight excluding hydrogens is 501 g/mol. The molecule has 3 rings (SSSR count). The van der Waals surface area contributed by atoms with E-state index in [4.69, 9.17) is 0 Å². The highest BCUT2D eigenvalue weighted by Gasteiger charge is 2.40. The van der Waals surface area contributed by atoms with E-state index < -0.39 is 14.6 Å². The van der Waals surface area contributed by atoms with Crippen molar-refractivity contribution in [1.29, 1.82) is 0 Å². The van der Waals surface area contributed by atoms with E-state index in [9.17, 15) is 8.42 Å². The number of nitrogens with zero attached hydrogens (tertiary/aromatic N) is 4. The lowest BCUT2D eigenvalue weighted by atomic mass is 10.1. The number of nitrogens with one attached hydrogen (secondary N) is 1. The fraction of sp³-hybridized carbons (Fsp3) is 0.500. The fourth-order valence-corrected chi connectivity index (χ4v) is 4.81. The van der Waals surface area contributed by atoms with Gasteiger partial charge in [-0.1, -0.05) is 24.3 Å². The first kappa shape index (κ1) is 23.7. The number of benzene rings is 1. The van der Waals surface area contributed by atoms with Crippen LogP contribution in [0.5, 0.6) is 0 Å². The van der Waals surface area contributed by atoms with Crippen LogP contribution in [0.4, 0.5) is 0 Å². The maximum Gasteiger partial charge on any atom is 0.193 e. The number of imidazole rings is 1.